The van der Waals surface area contributed by atoms with Crippen LogP contribution in [0.1, 0.15) is 21.6 Å². The van der Waals surface area contributed by atoms with E-state index >= 15 is 0 Å². The molecule has 0 bridgehead atoms. The van der Waals surface area contributed by atoms with Crippen LogP contribution in [0.3, 0.4) is 0 Å². The number of hydrogen-bond donors (Lipinski definition) is 2. The van der Waals surface area contributed by atoms with Crippen LogP contribution in [-0.2, 0) is 11.2 Å². The van der Waals surface area contributed by atoms with Crippen LogP contribution in [0, 0.1) is 18.6 Å². The summed E-state index contributed by atoms with van der Waals surface area (Å²) in [6.07, 6.45) is -0.406. The van der Waals surface area contributed by atoms with Crippen molar-refractivity contribution in [3.63, 3.8) is 0 Å². The number of carbonyl (C=O) groups excluding carboxylic acids is 1. The van der Waals surface area contributed by atoms with Crippen LogP contribution in [0.2, 0.25) is 0 Å². The third-order valence-corrected chi connectivity index (χ3v) is 4.01. The number of phenols is 1. The van der Waals surface area contributed by atoms with Gasteiger partial charge >= 0.3 is 5.97 Å². The molecule has 7 heteroatoms. The number of aromatic hydroxyl groups is 1. The summed E-state index contributed by atoms with van der Waals surface area (Å²) >= 11 is 0. The van der Waals surface area contributed by atoms with Gasteiger partial charge in [0.2, 0.25) is 0 Å². The molecule has 0 unspecified atom stereocenters. The van der Waals surface area contributed by atoms with Crippen LogP contribution in [0.5, 0.6) is 5.75 Å². The van der Waals surface area contributed by atoms with E-state index in [1.165, 1.54) is 25.1 Å². The maximum Gasteiger partial charge on any atom is 0.307 e. The third-order valence-electron chi connectivity index (χ3n) is 4.01. The fraction of sp³-hybridized carbons (Fsp3) is 0.111. The van der Waals surface area contributed by atoms with Gasteiger partial charge in [-0.25, -0.2) is 8.78 Å². The maximum atomic E-state index is 13.8. The molecule has 128 valence electrons. The SMILES string of the molecule is Cc1c(CC(=O)O)c2cc(O)c(F)cc2n1C(=O)c1cccc(F)c1. The number of benzene rings is 2. The standard InChI is InChI=1S/C18H13F2NO4/c1-9-12(7-17(23)24)13-6-16(22)14(20)8-15(13)21(9)18(25)10-3-2-4-11(19)5-10/h2-6,8,22H,7H2,1H3,(H,23,24). The van der Waals surface area contributed by atoms with E-state index in [0.717, 1.165) is 22.8 Å². The number of aromatic nitrogens is 1. The lowest BCUT2D eigenvalue weighted by Gasteiger charge is -2.08. The Hall–Kier alpha value is -3.22. The number of fused-ring (bicyclic) bond motifs is 1. The summed E-state index contributed by atoms with van der Waals surface area (Å²) in [4.78, 5) is 23.9. The molecular weight excluding hydrogens is 332 g/mol. The molecule has 0 saturated heterocycles. The van der Waals surface area contributed by atoms with Gasteiger partial charge in [-0.05, 0) is 36.8 Å². The molecule has 5 nitrogen and oxygen atoms in total. The third kappa shape index (κ3) is 2.84. The lowest BCUT2D eigenvalue weighted by atomic mass is 10.1. The van der Waals surface area contributed by atoms with Crippen molar-refractivity contribution in [2.45, 2.75) is 13.3 Å². The van der Waals surface area contributed by atoms with E-state index < -0.39 is 35.7 Å². The minimum atomic E-state index is -1.14. The van der Waals surface area contributed by atoms with Crippen LogP contribution in [-0.4, -0.2) is 26.7 Å². The summed E-state index contributed by atoms with van der Waals surface area (Å²) in [5.74, 6) is -3.95. The Morgan fingerprint density at radius 2 is 1.88 bits per heavy atom. The van der Waals surface area contributed by atoms with Crippen molar-refractivity contribution < 1.29 is 28.6 Å². The first-order valence-corrected chi connectivity index (χ1v) is 7.34. The molecule has 0 spiro atoms. The number of aliphatic carboxylic acids is 1. The normalized spacial score (nSPS) is 11.0. The van der Waals surface area contributed by atoms with Crippen molar-refractivity contribution in [3.05, 3.63) is 64.9 Å². The van der Waals surface area contributed by atoms with Crippen LogP contribution >= 0.6 is 0 Å². The van der Waals surface area contributed by atoms with Gasteiger partial charge in [0, 0.05) is 22.7 Å². The number of phenolic OH excluding ortho intramolecular Hbond substituents is 1. The summed E-state index contributed by atoms with van der Waals surface area (Å²) in [5, 5.41) is 19.0. The fourth-order valence-electron chi connectivity index (χ4n) is 2.88. The second-order valence-corrected chi connectivity index (χ2v) is 5.61. The number of hydrogen-bond acceptors (Lipinski definition) is 3. The van der Waals surface area contributed by atoms with Gasteiger partial charge in [0.15, 0.2) is 11.6 Å². The van der Waals surface area contributed by atoms with Gasteiger partial charge < -0.3 is 10.2 Å². The highest BCUT2D eigenvalue weighted by atomic mass is 19.1. The largest absolute Gasteiger partial charge is 0.505 e. The number of carboxylic acid groups (broad SMARTS) is 1. The van der Waals surface area contributed by atoms with Crippen molar-refractivity contribution in [2.75, 3.05) is 0 Å². The summed E-state index contributed by atoms with van der Waals surface area (Å²) in [5.41, 5.74) is 0.716. The average Bonchev–Trinajstić information content (AvgIpc) is 2.79. The summed E-state index contributed by atoms with van der Waals surface area (Å²) < 4.78 is 28.4. The molecule has 0 aliphatic carbocycles. The van der Waals surface area contributed by atoms with Gasteiger partial charge in [0.25, 0.3) is 5.91 Å². The predicted molar refractivity (Wildman–Crippen MR) is 85.8 cm³/mol. The molecule has 2 N–H and O–H groups in total. The number of rotatable bonds is 3. The van der Waals surface area contributed by atoms with Crippen molar-refractivity contribution in [1.29, 1.82) is 0 Å². The second kappa shape index (κ2) is 6.01. The minimum Gasteiger partial charge on any atom is -0.505 e. The molecule has 3 aromatic rings. The smallest absolute Gasteiger partial charge is 0.307 e. The van der Waals surface area contributed by atoms with Crippen molar-refractivity contribution in [1.82, 2.24) is 4.57 Å². The monoisotopic (exact) mass is 345 g/mol. The number of carbonyl (C=O) groups is 2. The molecule has 0 amide bonds. The molecule has 0 atom stereocenters. The first kappa shape index (κ1) is 16.6. The van der Waals surface area contributed by atoms with Gasteiger partial charge in [-0.1, -0.05) is 6.07 Å². The quantitative estimate of drug-likeness (QED) is 0.764. The number of carboxylic acids is 1. The maximum absolute atomic E-state index is 13.8. The first-order chi connectivity index (χ1) is 11.8. The topological polar surface area (TPSA) is 79.5 Å². The predicted octanol–water partition coefficient (Wildman–Crippen LogP) is 3.25. The Balaban J connectivity index is 2.30. The van der Waals surface area contributed by atoms with Gasteiger partial charge in [-0.2, -0.15) is 0 Å². The molecule has 0 aliphatic heterocycles. The van der Waals surface area contributed by atoms with Crippen LogP contribution in [0.15, 0.2) is 36.4 Å². The molecule has 2 aromatic carbocycles. The molecule has 1 aromatic heterocycles. The Morgan fingerprint density at radius 1 is 1.16 bits per heavy atom. The summed E-state index contributed by atoms with van der Waals surface area (Å²) in [6, 6.07) is 7.05. The highest BCUT2D eigenvalue weighted by molar-refractivity contribution is 6.04. The Morgan fingerprint density at radius 3 is 2.52 bits per heavy atom. The molecule has 0 fully saturated rings. The van der Waals surface area contributed by atoms with E-state index in [2.05, 4.69) is 0 Å². The van der Waals surface area contributed by atoms with Gasteiger partial charge in [0.05, 0.1) is 11.9 Å². The lowest BCUT2D eigenvalue weighted by molar-refractivity contribution is -0.136. The molecule has 0 aliphatic rings. The van der Waals surface area contributed by atoms with E-state index in [0.29, 0.717) is 0 Å². The molecule has 3 rings (SSSR count). The summed E-state index contributed by atoms with van der Waals surface area (Å²) in [6.45, 7) is 1.52. The zero-order chi connectivity index (χ0) is 18.3. The van der Waals surface area contributed by atoms with E-state index in [9.17, 15) is 23.5 Å². The Labute approximate surface area is 140 Å². The lowest BCUT2D eigenvalue weighted by Crippen LogP contribution is -2.14. The highest BCUT2D eigenvalue weighted by Gasteiger charge is 2.23. The van der Waals surface area contributed by atoms with Gasteiger partial charge in [0.1, 0.15) is 5.82 Å². The van der Waals surface area contributed by atoms with Crippen LogP contribution < -0.4 is 0 Å². The van der Waals surface area contributed by atoms with Gasteiger partial charge in [-0.3, -0.25) is 14.2 Å². The van der Waals surface area contributed by atoms with E-state index in [-0.39, 0.29) is 27.7 Å². The number of nitrogens with zero attached hydrogens (tertiary/aromatic N) is 1. The van der Waals surface area contributed by atoms with E-state index in [4.69, 9.17) is 5.11 Å². The van der Waals surface area contributed by atoms with Crippen molar-refractivity contribution in [2.24, 2.45) is 0 Å². The molecular formula is C18H13F2NO4. The highest BCUT2D eigenvalue weighted by Crippen LogP contribution is 2.32. The van der Waals surface area contributed by atoms with Crippen molar-refractivity contribution >= 4 is 22.8 Å². The summed E-state index contributed by atoms with van der Waals surface area (Å²) in [7, 11) is 0. The second-order valence-electron chi connectivity index (χ2n) is 5.61. The van der Waals surface area contributed by atoms with Crippen LogP contribution in [0.4, 0.5) is 8.78 Å². The van der Waals surface area contributed by atoms with E-state index in [1.807, 2.05) is 0 Å². The fourth-order valence-corrected chi connectivity index (χ4v) is 2.88. The molecule has 0 saturated carbocycles. The zero-order valence-electron chi connectivity index (χ0n) is 13.1. The van der Waals surface area contributed by atoms with Gasteiger partial charge in [-0.15, -0.1) is 0 Å². The number of halogens is 2. The first-order valence-electron chi connectivity index (χ1n) is 7.34. The van der Waals surface area contributed by atoms with Crippen LogP contribution in [0.25, 0.3) is 10.9 Å². The minimum absolute atomic E-state index is 0.0374. The van der Waals surface area contributed by atoms with E-state index in [1.54, 1.807) is 0 Å². The van der Waals surface area contributed by atoms with Crippen molar-refractivity contribution in [3.8, 4) is 5.75 Å². The average molecular weight is 345 g/mol. The zero-order valence-corrected chi connectivity index (χ0v) is 13.1. The Kier molecular flexibility index (Phi) is 4.00. The molecule has 1 heterocycles. The molecule has 0 radical (unpaired) electrons. The Bertz CT molecular complexity index is 1020. The molecule has 25 heavy (non-hydrogen) atoms.